The summed E-state index contributed by atoms with van der Waals surface area (Å²) < 4.78 is 0. The topological polar surface area (TPSA) is 55.0 Å². The lowest BCUT2D eigenvalue weighted by Gasteiger charge is -2.10. The van der Waals surface area contributed by atoms with Gasteiger partial charge in [0.1, 0.15) is 5.82 Å². The van der Waals surface area contributed by atoms with Gasteiger partial charge >= 0.3 is 0 Å². The first-order chi connectivity index (χ1) is 5.24. The molecule has 4 heteroatoms. The van der Waals surface area contributed by atoms with Crippen LogP contribution in [0, 0.1) is 0 Å². The van der Waals surface area contributed by atoms with Crippen molar-refractivity contribution in [1.82, 2.24) is 9.97 Å². The minimum Gasteiger partial charge on any atom is -0.375 e. The van der Waals surface area contributed by atoms with Crippen molar-refractivity contribution >= 4 is 5.69 Å². The lowest BCUT2D eigenvalue weighted by Crippen LogP contribution is -2.11. The molecule has 0 aliphatic carbocycles. The summed E-state index contributed by atoms with van der Waals surface area (Å²) in [7, 11) is 3.89. The zero-order chi connectivity index (χ0) is 8.27. The quantitative estimate of drug-likeness (QED) is 0.648. The Morgan fingerprint density at radius 2 is 1.91 bits per heavy atom. The lowest BCUT2D eigenvalue weighted by molar-refractivity contribution is 0.901. The van der Waals surface area contributed by atoms with Gasteiger partial charge in [0.05, 0.1) is 24.6 Å². The minimum atomic E-state index is 0.397. The molecule has 2 N–H and O–H groups in total. The Kier molecular flexibility index (Phi) is 2.38. The van der Waals surface area contributed by atoms with E-state index in [0.717, 1.165) is 5.69 Å². The smallest absolute Gasteiger partial charge is 0.141 e. The van der Waals surface area contributed by atoms with Crippen LogP contribution in [0.4, 0.5) is 5.69 Å². The van der Waals surface area contributed by atoms with Gasteiger partial charge in [-0.1, -0.05) is 0 Å². The highest BCUT2D eigenvalue weighted by atomic mass is 15.1. The molecule has 1 aromatic heterocycles. The molecular formula is C7H12N4. The van der Waals surface area contributed by atoms with Gasteiger partial charge in [0, 0.05) is 14.1 Å². The standard InChI is InChI=1S/C7H12N4/c1-11(2)6-4-9-7(3-8)10-5-6/h4-5H,3,8H2,1-2H3. The largest absolute Gasteiger partial charge is 0.375 e. The van der Waals surface area contributed by atoms with Crippen molar-refractivity contribution in [2.24, 2.45) is 5.73 Å². The SMILES string of the molecule is CN(C)c1cnc(CN)nc1. The van der Waals surface area contributed by atoms with Crippen LogP contribution in [0.25, 0.3) is 0 Å². The second-order valence-electron chi connectivity index (χ2n) is 2.46. The fraction of sp³-hybridized carbons (Fsp3) is 0.429. The Morgan fingerprint density at radius 1 is 1.36 bits per heavy atom. The molecule has 0 aliphatic heterocycles. The molecule has 0 bridgehead atoms. The van der Waals surface area contributed by atoms with Crippen molar-refractivity contribution in [2.75, 3.05) is 19.0 Å². The van der Waals surface area contributed by atoms with E-state index in [0.29, 0.717) is 12.4 Å². The average molecular weight is 152 g/mol. The Morgan fingerprint density at radius 3 is 2.27 bits per heavy atom. The minimum absolute atomic E-state index is 0.397. The molecule has 0 aliphatic rings. The first kappa shape index (κ1) is 7.94. The summed E-state index contributed by atoms with van der Waals surface area (Å²) in [6.45, 7) is 0.397. The molecule has 4 nitrogen and oxygen atoms in total. The Labute approximate surface area is 66.1 Å². The van der Waals surface area contributed by atoms with E-state index >= 15 is 0 Å². The number of anilines is 1. The fourth-order valence-corrected chi connectivity index (χ4v) is 0.684. The zero-order valence-corrected chi connectivity index (χ0v) is 6.78. The molecule has 0 saturated heterocycles. The number of aromatic nitrogens is 2. The molecule has 11 heavy (non-hydrogen) atoms. The first-order valence-corrected chi connectivity index (χ1v) is 3.42. The van der Waals surface area contributed by atoms with Crippen molar-refractivity contribution in [3.05, 3.63) is 18.2 Å². The molecule has 0 amide bonds. The summed E-state index contributed by atoms with van der Waals surface area (Å²) in [5.41, 5.74) is 6.33. The molecule has 0 radical (unpaired) electrons. The summed E-state index contributed by atoms with van der Waals surface area (Å²) in [6, 6.07) is 0. The van der Waals surface area contributed by atoms with Crippen molar-refractivity contribution in [3.8, 4) is 0 Å². The van der Waals surface area contributed by atoms with E-state index in [2.05, 4.69) is 9.97 Å². The van der Waals surface area contributed by atoms with Gasteiger partial charge in [-0.3, -0.25) is 0 Å². The Balaban J connectivity index is 2.83. The van der Waals surface area contributed by atoms with Gasteiger partial charge in [-0.05, 0) is 0 Å². The maximum atomic E-state index is 5.34. The van der Waals surface area contributed by atoms with Crippen molar-refractivity contribution in [2.45, 2.75) is 6.54 Å². The van der Waals surface area contributed by atoms with E-state index in [4.69, 9.17) is 5.73 Å². The van der Waals surface area contributed by atoms with Crippen LogP contribution in [-0.4, -0.2) is 24.1 Å². The van der Waals surface area contributed by atoms with Gasteiger partial charge in [-0.25, -0.2) is 9.97 Å². The van der Waals surface area contributed by atoms with Crippen molar-refractivity contribution in [1.29, 1.82) is 0 Å². The molecule has 1 aromatic rings. The first-order valence-electron chi connectivity index (χ1n) is 3.42. The Bertz CT molecular complexity index is 216. The van der Waals surface area contributed by atoms with Crippen molar-refractivity contribution < 1.29 is 0 Å². The van der Waals surface area contributed by atoms with E-state index < -0.39 is 0 Å². The maximum absolute atomic E-state index is 5.34. The van der Waals surface area contributed by atoms with Gasteiger partial charge < -0.3 is 10.6 Å². The predicted octanol–water partition coefficient (Wildman–Crippen LogP) is 0.00130. The molecular weight excluding hydrogens is 140 g/mol. The zero-order valence-electron chi connectivity index (χ0n) is 6.78. The number of nitrogens with two attached hydrogens (primary N) is 1. The van der Waals surface area contributed by atoms with E-state index in [9.17, 15) is 0 Å². The van der Waals surface area contributed by atoms with Crippen LogP contribution in [0.5, 0.6) is 0 Å². The maximum Gasteiger partial charge on any atom is 0.141 e. The van der Waals surface area contributed by atoms with Gasteiger partial charge in [0.15, 0.2) is 0 Å². The molecule has 0 unspecified atom stereocenters. The van der Waals surface area contributed by atoms with Gasteiger partial charge in [0.25, 0.3) is 0 Å². The van der Waals surface area contributed by atoms with Crippen LogP contribution in [0.2, 0.25) is 0 Å². The lowest BCUT2D eigenvalue weighted by atomic mass is 10.5. The second kappa shape index (κ2) is 3.30. The molecule has 1 rings (SSSR count). The monoisotopic (exact) mass is 152 g/mol. The van der Waals surface area contributed by atoms with Crippen LogP contribution in [0.3, 0.4) is 0 Å². The molecule has 0 spiro atoms. The highest BCUT2D eigenvalue weighted by Crippen LogP contribution is 2.05. The van der Waals surface area contributed by atoms with Gasteiger partial charge in [-0.2, -0.15) is 0 Å². The van der Waals surface area contributed by atoms with E-state index in [1.54, 1.807) is 12.4 Å². The van der Waals surface area contributed by atoms with E-state index in [1.165, 1.54) is 0 Å². The third-order valence-corrected chi connectivity index (χ3v) is 1.39. The Hall–Kier alpha value is -1.16. The van der Waals surface area contributed by atoms with Crippen LogP contribution in [-0.2, 0) is 6.54 Å². The summed E-state index contributed by atoms with van der Waals surface area (Å²) >= 11 is 0. The summed E-state index contributed by atoms with van der Waals surface area (Å²) in [4.78, 5) is 10.0. The number of hydrogen-bond acceptors (Lipinski definition) is 4. The number of rotatable bonds is 2. The molecule has 60 valence electrons. The highest BCUT2D eigenvalue weighted by Gasteiger charge is 1.95. The molecule has 0 fully saturated rings. The third-order valence-electron chi connectivity index (χ3n) is 1.39. The highest BCUT2D eigenvalue weighted by molar-refractivity contribution is 5.39. The van der Waals surface area contributed by atoms with Crippen LogP contribution in [0.1, 0.15) is 5.82 Å². The normalized spacial score (nSPS) is 9.73. The number of hydrogen-bond donors (Lipinski definition) is 1. The van der Waals surface area contributed by atoms with Crippen LogP contribution >= 0.6 is 0 Å². The summed E-state index contributed by atoms with van der Waals surface area (Å²) in [6.07, 6.45) is 3.52. The third kappa shape index (κ3) is 1.88. The molecule has 0 saturated carbocycles. The second-order valence-corrected chi connectivity index (χ2v) is 2.46. The molecule has 0 atom stereocenters. The van der Waals surface area contributed by atoms with E-state index in [-0.39, 0.29) is 0 Å². The fourth-order valence-electron chi connectivity index (χ4n) is 0.684. The molecule has 1 heterocycles. The number of nitrogens with zero attached hydrogens (tertiary/aromatic N) is 3. The van der Waals surface area contributed by atoms with Crippen LogP contribution in [0.15, 0.2) is 12.4 Å². The predicted molar refractivity (Wildman–Crippen MR) is 44.3 cm³/mol. The van der Waals surface area contributed by atoms with E-state index in [1.807, 2.05) is 19.0 Å². The average Bonchev–Trinajstić information content (AvgIpc) is 2.05. The summed E-state index contributed by atoms with van der Waals surface area (Å²) in [5.74, 6) is 0.676. The summed E-state index contributed by atoms with van der Waals surface area (Å²) in [5, 5.41) is 0. The van der Waals surface area contributed by atoms with Gasteiger partial charge in [0.2, 0.25) is 0 Å². The van der Waals surface area contributed by atoms with Crippen molar-refractivity contribution in [3.63, 3.8) is 0 Å². The molecule has 0 aromatic carbocycles. The van der Waals surface area contributed by atoms with Gasteiger partial charge in [-0.15, -0.1) is 0 Å². The van der Waals surface area contributed by atoms with Crippen LogP contribution < -0.4 is 10.6 Å².